The van der Waals surface area contributed by atoms with Crippen LogP contribution in [0.5, 0.6) is 0 Å². The molecule has 0 aromatic carbocycles. The zero-order valence-corrected chi connectivity index (χ0v) is 17.4. The minimum atomic E-state index is -0.585. The number of hydrogen-bond acceptors (Lipinski definition) is 6. The molecule has 1 amide bonds. The second-order valence-corrected chi connectivity index (χ2v) is 8.35. The van der Waals surface area contributed by atoms with Gasteiger partial charge in [0.25, 0.3) is 0 Å². The molecule has 2 N–H and O–H groups in total. The Kier molecular flexibility index (Phi) is 7.14. The molecule has 0 aromatic rings. The molecule has 7 nitrogen and oxygen atoms in total. The van der Waals surface area contributed by atoms with Crippen molar-refractivity contribution in [3.63, 3.8) is 0 Å². The van der Waals surface area contributed by atoms with Gasteiger partial charge in [0.1, 0.15) is 11.7 Å². The van der Waals surface area contributed by atoms with Gasteiger partial charge in [-0.2, -0.15) is 0 Å². The van der Waals surface area contributed by atoms with E-state index in [2.05, 4.69) is 24.6 Å². The lowest BCUT2D eigenvalue weighted by Gasteiger charge is -2.24. The lowest BCUT2D eigenvalue weighted by molar-refractivity contribution is -0.150. The Balaban J connectivity index is 2.30. The molecule has 0 bridgehead atoms. The van der Waals surface area contributed by atoms with E-state index in [-0.39, 0.29) is 12.0 Å². The minimum Gasteiger partial charge on any atom is -0.469 e. The maximum absolute atomic E-state index is 12.3. The average Bonchev–Trinajstić information content (AvgIpc) is 3.13. The topological polar surface area (TPSA) is 85.9 Å². The van der Waals surface area contributed by atoms with Gasteiger partial charge in [-0.15, -0.1) is 0 Å². The van der Waals surface area contributed by atoms with Gasteiger partial charge in [0.2, 0.25) is 0 Å². The number of amides is 1. The van der Waals surface area contributed by atoms with Crippen LogP contribution >= 0.6 is 0 Å². The monoisotopic (exact) mass is 382 g/mol. The average molecular weight is 383 g/mol. The first-order valence-corrected chi connectivity index (χ1v) is 9.94. The summed E-state index contributed by atoms with van der Waals surface area (Å²) in [5, 5.41) is 2.94. The molecular weight excluding hydrogens is 348 g/mol. The molecule has 0 aromatic heterocycles. The van der Waals surface area contributed by atoms with E-state index in [0.717, 1.165) is 37.0 Å². The third-order valence-electron chi connectivity index (χ3n) is 5.02. The summed E-state index contributed by atoms with van der Waals surface area (Å²) in [6.45, 7) is 9.78. The van der Waals surface area contributed by atoms with Gasteiger partial charge < -0.3 is 14.8 Å². The van der Waals surface area contributed by atoms with Crippen LogP contribution in [0.4, 0.5) is 4.79 Å². The normalized spacial score (nSPS) is 24.6. The number of nitrogens with one attached hydrogen (secondary N) is 2. The molecular formula is C20H34N2O5. The molecule has 1 aliphatic heterocycles. The Hall–Kier alpha value is -1.76. The molecule has 27 heavy (non-hydrogen) atoms. The van der Waals surface area contributed by atoms with E-state index in [0.29, 0.717) is 12.3 Å². The number of methoxy groups -OCH3 is 1. The van der Waals surface area contributed by atoms with Crippen molar-refractivity contribution >= 4 is 12.1 Å². The van der Waals surface area contributed by atoms with Crippen LogP contribution < -0.4 is 10.8 Å². The molecule has 0 saturated heterocycles. The van der Waals surface area contributed by atoms with Crippen LogP contribution in [-0.4, -0.2) is 36.9 Å². The molecule has 0 unspecified atom stereocenters. The predicted octanol–water partition coefficient (Wildman–Crippen LogP) is 3.45. The van der Waals surface area contributed by atoms with E-state index in [1.54, 1.807) is 0 Å². The molecule has 3 atom stereocenters. The van der Waals surface area contributed by atoms with Gasteiger partial charge in [-0.1, -0.05) is 26.7 Å². The number of carbonyl (C=O) groups is 2. The summed E-state index contributed by atoms with van der Waals surface area (Å²) >= 11 is 0. The van der Waals surface area contributed by atoms with E-state index in [1.807, 2.05) is 20.8 Å². The molecule has 0 radical (unpaired) electrons. The van der Waals surface area contributed by atoms with Crippen molar-refractivity contribution in [1.82, 2.24) is 10.8 Å². The first-order chi connectivity index (χ1) is 12.7. The number of allylic oxidation sites excluding steroid dienone is 1. The van der Waals surface area contributed by atoms with Crippen LogP contribution in [0.15, 0.2) is 11.3 Å². The zero-order valence-electron chi connectivity index (χ0n) is 17.4. The molecule has 154 valence electrons. The van der Waals surface area contributed by atoms with E-state index in [1.165, 1.54) is 7.11 Å². The second-order valence-electron chi connectivity index (χ2n) is 8.35. The third-order valence-corrected chi connectivity index (χ3v) is 5.02. The SMILES string of the molecule is CCCC(CCC)C1=C2[C@H](NC(=O)OC(C)(C)C)C[C@H](C(=O)OC)[C@H]2ON1. The summed E-state index contributed by atoms with van der Waals surface area (Å²) in [5.41, 5.74) is 4.46. The number of ether oxygens (including phenoxy) is 2. The number of rotatable bonds is 7. The fourth-order valence-corrected chi connectivity index (χ4v) is 4.00. The maximum Gasteiger partial charge on any atom is 0.408 e. The van der Waals surface area contributed by atoms with Crippen molar-refractivity contribution in [2.45, 2.75) is 84.5 Å². The van der Waals surface area contributed by atoms with Crippen LogP contribution in [0.3, 0.4) is 0 Å². The van der Waals surface area contributed by atoms with Gasteiger partial charge in [-0.3, -0.25) is 15.1 Å². The number of carbonyl (C=O) groups excluding carboxylic acids is 2. The summed E-state index contributed by atoms with van der Waals surface area (Å²) < 4.78 is 10.4. The van der Waals surface area contributed by atoms with Gasteiger partial charge in [-0.25, -0.2) is 4.79 Å². The van der Waals surface area contributed by atoms with E-state index in [4.69, 9.17) is 14.3 Å². The highest BCUT2D eigenvalue weighted by Crippen LogP contribution is 2.42. The Bertz CT molecular complexity index is 575. The standard InChI is InChI=1S/C20H34N2O5/c1-7-9-12(10-8-2)16-15-14(21-19(24)26-20(3,4)5)11-13(18(23)25-6)17(15)27-22-16/h12-14,17,22H,7-11H2,1-6H3,(H,21,24)/t13-,14+,17+/m0/s1. The Labute approximate surface area is 162 Å². The second kappa shape index (κ2) is 8.95. The number of fused-ring (bicyclic) bond motifs is 1. The predicted molar refractivity (Wildman–Crippen MR) is 102 cm³/mol. The molecule has 1 saturated carbocycles. The highest BCUT2D eigenvalue weighted by molar-refractivity contribution is 5.76. The number of hydroxylamine groups is 1. The lowest BCUT2D eigenvalue weighted by atomic mass is 9.90. The van der Waals surface area contributed by atoms with E-state index < -0.39 is 23.7 Å². The van der Waals surface area contributed by atoms with Crippen LogP contribution in [0.2, 0.25) is 0 Å². The fraction of sp³-hybridized carbons (Fsp3) is 0.800. The summed E-state index contributed by atoms with van der Waals surface area (Å²) in [4.78, 5) is 30.4. The van der Waals surface area contributed by atoms with Crippen molar-refractivity contribution in [1.29, 1.82) is 0 Å². The first-order valence-electron chi connectivity index (χ1n) is 9.94. The van der Waals surface area contributed by atoms with Crippen molar-refractivity contribution in [2.75, 3.05) is 7.11 Å². The van der Waals surface area contributed by atoms with E-state index in [9.17, 15) is 9.59 Å². The number of esters is 1. The summed E-state index contributed by atoms with van der Waals surface area (Å²) in [7, 11) is 1.38. The maximum atomic E-state index is 12.3. The van der Waals surface area contributed by atoms with Gasteiger partial charge >= 0.3 is 12.1 Å². The molecule has 7 heteroatoms. The third kappa shape index (κ3) is 5.15. The largest absolute Gasteiger partial charge is 0.469 e. The highest BCUT2D eigenvalue weighted by atomic mass is 16.7. The lowest BCUT2D eigenvalue weighted by Crippen LogP contribution is -2.39. The van der Waals surface area contributed by atoms with Crippen LogP contribution in [0, 0.1) is 11.8 Å². The van der Waals surface area contributed by atoms with Gasteiger partial charge in [-0.05, 0) is 40.0 Å². The highest BCUT2D eigenvalue weighted by Gasteiger charge is 2.50. The fourth-order valence-electron chi connectivity index (χ4n) is 4.00. The zero-order chi connectivity index (χ0) is 20.2. The Morgan fingerprint density at radius 2 is 1.89 bits per heavy atom. The first kappa shape index (κ1) is 21.5. The number of hydrogen-bond donors (Lipinski definition) is 2. The van der Waals surface area contributed by atoms with Crippen molar-refractivity contribution in [2.24, 2.45) is 11.8 Å². The summed E-state index contributed by atoms with van der Waals surface area (Å²) in [6, 6.07) is -0.310. The van der Waals surface area contributed by atoms with Gasteiger partial charge in [0, 0.05) is 17.2 Å². The van der Waals surface area contributed by atoms with Crippen LogP contribution in [0.25, 0.3) is 0 Å². The summed E-state index contributed by atoms with van der Waals surface area (Å²) in [6.07, 6.45) is 3.70. The van der Waals surface area contributed by atoms with E-state index >= 15 is 0 Å². The molecule has 1 aliphatic carbocycles. The van der Waals surface area contributed by atoms with Crippen molar-refractivity contribution in [3.05, 3.63) is 11.3 Å². The molecule has 1 fully saturated rings. The smallest absolute Gasteiger partial charge is 0.408 e. The van der Waals surface area contributed by atoms with Crippen molar-refractivity contribution < 1.29 is 23.9 Å². The van der Waals surface area contributed by atoms with Crippen molar-refractivity contribution in [3.8, 4) is 0 Å². The van der Waals surface area contributed by atoms with Crippen LogP contribution in [-0.2, 0) is 19.1 Å². The minimum absolute atomic E-state index is 0.310. The molecule has 2 aliphatic rings. The number of alkyl carbamates (subject to hydrolysis) is 1. The van der Waals surface area contributed by atoms with Gasteiger partial charge in [0.15, 0.2) is 0 Å². The Morgan fingerprint density at radius 3 is 2.41 bits per heavy atom. The molecule has 2 rings (SSSR count). The summed E-state index contributed by atoms with van der Waals surface area (Å²) in [5.74, 6) is -0.449. The molecule has 1 heterocycles. The van der Waals surface area contributed by atoms with Crippen LogP contribution in [0.1, 0.15) is 66.7 Å². The quantitative estimate of drug-likeness (QED) is 0.656. The van der Waals surface area contributed by atoms with Gasteiger partial charge in [0.05, 0.1) is 19.1 Å². The molecule has 0 spiro atoms. The Morgan fingerprint density at radius 1 is 1.26 bits per heavy atom.